The van der Waals surface area contributed by atoms with Crippen molar-refractivity contribution >= 4 is 17.3 Å². The van der Waals surface area contributed by atoms with Gasteiger partial charge in [-0.05, 0) is 43.2 Å². The van der Waals surface area contributed by atoms with Crippen LogP contribution in [0.25, 0.3) is 0 Å². The number of anilines is 2. The Kier molecular flexibility index (Phi) is 6.32. The summed E-state index contributed by atoms with van der Waals surface area (Å²) in [6.45, 7) is 7.21. The minimum atomic E-state index is -0.506. The summed E-state index contributed by atoms with van der Waals surface area (Å²) in [6.07, 6.45) is 1.69. The number of carbonyl (C=O) groups is 1. The van der Waals surface area contributed by atoms with Gasteiger partial charge >= 0.3 is 0 Å². The number of imidazole rings is 1. The molecule has 0 atom stereocenters. The highest BCUT2D eigenvalue weighted by Crippen LogP contribution is 2.26. The number of amides is 1. The number of aromatic nitrogens is 2. The van der Waals surface area contributed by atoms with Gasteiger partial charge < -0.3 is 14.8 Å². The second-order valence-corrected chi connectivity index (χ2v) is 7.64. The summed E-state index contributed by atoms with van der Waals surface area (Å²) >= 11 is 0. The van der Waals surface area contributed by atoms with Crippen molar-refractivity contribution < 1.29 is 9.18 Å². The third-order valence-electron chi connectivity index (χ3n) is 4.80. The van der Waals surface area contributed by atoms with Crippen molar-refractivity contribution in [1.29, 1.82) is 0 Å². The molecule has 1 aromatic heterocycles. The molecule has 1 N–H and O–H groups in total. The van der Waals surface area contributed by atoms with Gasteiger partial charge in [0.05, 0.1) is 24.1 Å². The minimum Gasteiger partial charge on any atom is -0.369 e. The average Bonchev–Trinajstić information content (AvgIpc) is 3.10. The molecule has 0 aliphatic carbocycles. The molecule has 0 fully saturated rings. The van der Waals surface area contributed by atoms with Crippen LogP contribution >= 0.6 is 0 Å². The van der Waals surface area contributed by atoms with Crippen molar-refractivity contribution in [2.75, 3.05) is 23.4 Å². The molecule has 1 heterocycles. The molecule has 0 aliphatic rings. The second-order valence-electron chi connectivity index (χ2n) is 7.64. The maximum atomic E-state index is 14.2. The van der Waals surface area contributed by atoms with Gasteiger partial charge in [0, 0.05) is 30.7 Å². The Morgan fingerprint density at radius 2 is 1.86 bits per heavy atom. The van der Waals surface area contributed by atoms with Gasteiger partial charge in [0.1, 0.15) is 5.82 Å². The van der Waals surface area contributed by atoms with Crippen molar-refractivity contribution in [2.45, 2.75) is 27.3 Å². The number of rotatable bonds is 7. The van der Waals surface area contributed by atoms with Crippen LogP contribution in [0.3, 0.4) is 0 Å². The highest BCUT2D eigenvalue weighted by molar-refractivity contribution is 6.06. The first-order valence-corrected chi connectivity index (χ1v) is 9.73. The van der Waals surface area contributed by atoms with Crippen LogP contribution in [-0.4, -0.2) is 29.5 Å². The second kappa shape index (κ2) is 8.90. The number of nitrogens with zero attached hydrogens (tertiary/aromatic N) is 3. The maximum Gasteiger partial charge on any atom is 0.261 e. The van der Waals surface area contributed by atoms with Gasteiger partial charge in [-0.1, -0.05) is 32.0 Å². The molecule has 3 rings (SSSR count). The lowest BCUT2D eigenvalue weighted by Crippen LogP contribution is -2.35. The maximum absolute atomic E-state index is 14.2. The van der Waals surface area contributed by atoms with E-state index in [1.807, 2.05) is 52.1 Å². The fraction of sp³-hybridized carbons (Fsp3) is 0.304. The molecule has 152 valence electrons. The Bertz CT molecular complexity index is 982. The molecule has 3 aromatic rings. The third kappa shape index (κ3) is 4.83. The van der Waals surface area contributed by atoms with Gasteiger partial charge in [0.15, 0.2) is 0 Å². The number of hydrogen-bond acceptors (Lipinski definition) is 3. The zero-order chi connectivity index (χ0) is 21.0. The lowest BCUT2D eigenvalue weighted by Gasteiger charge is -2.27. The number of aryl methyl sites for hydroxylation is 1. The molecule has 0 spiro atoms. The van der Waals surface area contributed by atoms with E-state index in [2.05, 4.69) is 14.9 Å². The summed E-state index contributed by atoms with van der Waals surface area (Å²) in [6, 6.07) is 13.9. The van der Waals surface area contributed by atoms with Gasteiger partial charge in [-0.15, -0.1) is 0 Å². The molecule has 0 radical (unpaired) electrons. The van der Waals surface area contributed by atoms with E-state index in [1.54, 1.807) is 23.4 Å². The first kappa shape index (κ1) is 20.6. The molecule has 1 amide bonds. The van der Waals surface area contributed by atoms with E-state index >= 15 is 0 Å². The van der Waals surface area contributed by atoms with E-state index in [9.17, 15) is 9.18 Å². The molecule has 6 heteroatoms. The number of H-pyrrole nitrogens is 1. The minimum absolute atomic E-state index is 0.0825. The SMILES string of the molecule is Cc1[nH]cnc1CN(C)c1cccc(N(CC(C)C)C(=O)c2ccccc2F)c1. The summed E-state index contributed by atoms with van der Waals surface area (Å²) in [7, 11) is 1.98. The quantitative estimate of drug-likeness (QED) is 0.626. The largest absolute Gasteiger partial charge is 0.369 e. The Hall–Kier alpha value is -3.15. The normalized spacial score (nSPS) is 11.0. The number of nitrogens with one attached hydrogen (secondary N) is 1. The van der Waals surface area contributed by atoms with E-state index in [0.29, 0.717) is 13.1 Å². The number of benzene rings is 2. The monoisotopic (exact) mass is 394 g/mol. The molecule has 5 nitrogen and oxygen atoms in total. The van der Waals surface area contributed by atoms with Gasteiger partial charge in [0.25, 0.3) is 5.91 Å². The summed E-state index contributed by atoms with van der Waals surface area (Å²) in [4.78, 5) is 24.3. The third-order valence-corrected chi connectivity index (χ3v) is 4.80. The van der Waals surface area contributed by atoms with Crippen LogP contribution in [0.4, 0.5) is 15.8 Å². The summed E-state index contributed by atoms with van der Waals surface area (Å²) in [5.41, 5.74) is 3.79. The van der Waals surface area contributed by atoms with Crippen LogP contribution in [0.15, 0.2) is 54.9 Å². The van der Waals surface area contributed by atoms with E-state index in [-0.39, 0.29) is 17.4 Å². The topological polar surface area (TPSA) is 52.2 Å². The highest BCUT2D eigenvalue weighted by Gasteiger charge is 2.22. The summed E-state index contributed by atoms with van der Waals surface area (Å²) in [5.74, 6) is -0.605. The van der Waals surface area contributed by atoms with Gasteiger partial charge in [-0.25, -0.2) is 9.37 Å². The molecular weight excluding hydrogens is 367 g/mol. The van der Waals surface area contributed by atoms with Crippen molar-refractivity contribution in [3.63, 3.8) is 0 Å². The molecule has 0 saturated carbocycles. The Morgan fingerprint density at radius 1 is 1.14 bits per heavy atom. The summed E-state index contributed by atoms with van der Waals surface area (Å²) < 4.78 is 14.2. The first-order valence-electron chi connectivity index (χ1n) is 9.73. The number of aromatic amines is 1. The van der Waals surface area contributed by atoms with Crippen LogP contribution in [0.2, 0.25) is 0 Å². The van der Waals surface area contributed by atoms with E-state index in [1.165, 1.54) is 12.1 Å². The van der Waals surface area contributed by atoms with Crippen LogP contribution in [0.1, 0.15) is 35.6 Å². The van der Waals surface area contributed by atoms with Crippen molar-refractivity contribution in [3.05, 3.63) is 77.6 Å². The zero-order valence-corrected chi connectivity index (χ0v) is 17.3. The fourth-order valence-electron chi connectivity index (χ4n) is 3.21. The molecular formula is C23H27FN4O. The zero-order valence-electron chi connectivity index (χ0n) is 17.3. The Morgan fingerprint density at radius 3 is 2.52 bits per heavy atom. The number of carbonyl (C=O) groups excluding carboxylic acids is 1. The molecule has 0 bridgehead atoms. The average molecular weight is 394 g/mol. The molecule has 0 saturated heterocycles. The standard InChI is InChI=1S/C23H27FN4O/c1-16(2)13-28(23(29)20-10-5-6-11-21(20)24)19-9-7-8-18(12-19)27(4)14-22-17(3)25-15-26-22/h5-12,15-16H,13-14H2,1-4H3,(H,25,26). The lowest BCUT2D eigenvalue weighted by molar-refractivity contribution is 0.0980. The fourth-order valence-corrected chi connectivity index (χ4v) is 3.21. The first-order chi connectivity index (χ1) is 13.9. The Labute approximate surface area is 171 Å². The summed E-state index contributed by atoms with van der Waals surface area (Å²) in [5, 5.41) is 0. The number of hydrogen-bond donors (Lipinski definition) is 1. The van der Waals surface area contributed by atoms with Crippen LogP contribution in [0.5, 0.6) is 0 Å². The van der Waals surface area contributed by atoms with Crippen LogP contribution in [0, 0.1) is 18.7 Å². The predicted molar refractivity (Wildman–Crippen MR) is 115 cm³/mol. The van der Waals surface area contributed by atoms with E-state index in [4.69, 9.17) is 0 Å². The van der Waals surface area contributed by atoms with Gasteiger partial charge in [-0.3, -0.25) is 4.79 Å². The molecule has 0 unspecified atom stereocenters. The molecule has 29 heavy (non-hydrogen) atoms. The van der Waals surface area contributed by atoms with Crippen LogP contribution < -0.4 is 9.80 Å². The van der Waals surface area contributed by atoms with E-state index < -0.39 is 5.82 Å². The van der Waals surface area contributed by atoms with Crippen molar-refractivity contribution in [2.24, 2.45) is 5.92 Å². The predicted octanol–water partition coefficient (Wildman–Crippen LogP) is 4.80. The lowest BCUT2D eigenvalue weighted by atomic mass is 10.1. The van der Waals surface area contributed by atoms with Crippen LogP contribution in [-0.2, 0) is 6.54 Å². The van der Waals surface area contributed by atoms with E-state index in [0.717, 1.165) is 22.8 Å². The highest BCUT2D eigenvalue weighted by atomic mass is 19.1. The number of halogens is 1. The Balaban J connectivity index is 1.90. The van der Waals surface area contributed by atoms with Gasteiger partial charge in [-0.2, -0.15) is 0 Å². The van der Waals surface area contributed by atoms with Crippen molar-refractivity contribution in [1.82, 2.24) is 9.97 Å². The van der Waals surface area contributed by atoms with Gasteiger partial charge in [0.2, 0.25) is 0 Å². The molecule has 0 aliphatic heterocycles. The van der Waals surface area contributed by atoms with Crippen molar-refractivity contribution in [3.8, 4) is 0 Å². The molecule has 2 aromatic carbocycles. The smallest absolute Gasteiger partial charge is 0.261 e.